The van der Waals surface area contributed by atoms with Gasteiger partial charge in [0.2, 0.25) is 5.95 Å². The average Bonchev–Trinajstić information content (AvgIpc) is 2.68. The molecule has 5 nitrogen and oxygen atoms in total. The van der Waals surface area contributed by atoms with E-state index >= 15 is 0 Å². The van der Waals surface area contributed by atoms with Crippen LogP contribution in [0.4, 0.5) is 16.2 Å². The molecular weight excluding hydrogens is 341 g/mol. The van der Waals surface area contributed by atoms with Crippen molar-refractivity contribution in [1.82, 2.24) is 15.2 Å². The molecule has 0 amide bonds. The summed E-state index contributed by atoms with van der Waals surface area (Å²) in [5.74, 6) is 1.01. The first kappa shape index (κ1) is 18.8. The van der Waals surface area contributed by atoms with Crippen LogP contribution in [0.3, 0.4) is 0 Å². The largest absolute Gasteiger partial charge is 0.353 e. The molecule has 6 heteroatoms. The van der Waals surface area contributed by atoms with Crippen molar-refractivity contribution < 1.29 is 4.39 Å². The summed E-state index contributed by atoms with van der Waals surface area (Å²) in [4.78, 5) is 6.76. The molecule has 0 bridgehead atoms. The summed E-state index contributed by atoms with van der Waals surface area (Å²) in [7, 11) is 0. The van der Waals surface area contributed by atoms with E-state index in [1.807, 2.05) is 24.3 Å². The molecule has 0 spiro atoms. The minimum absolute atomic E-state index is 0.194. The van der Waals surface area contributed by atoms with Crippen LogP contribution < -0.4 is 10.2 Å². The molecule has 0 aliphatic carbocycles. The van der Waals surface area contributed by atoms with Crippen molar-refractivity contribution in [1.29, 1.82) is 0 Å². The smallest absolute Gasteiger partial charge is 0.244 e. The average molecular weight is 365 g/mol. The zero-order valence-electron chi connectivity index (χ0n) is 15.6. The first-order valence-electron chi connectivity index (χ1n) is 9.11. The van der Waals surface area contributed by atoms with E-state index < -0.39 is 0 Å². The Morgan fingerprint density at radius 3 is 2.52 bits per heavy atom. The van der Waals surface area contributed by atoms with Crippen LogP contribution in [0.1, 0.15) is 25.0 Å². The van der Waals surface area contributed by atoms with Gasteiger partial charge in [0.25, 0.3) is 0 Å². The lowest BCUT2D eigenvalue weighted by Gasteiger charge is -2.27. The fourth-order valence-electron chi connectivity index (χ4n) is 2.83. The highest BCUT2D eigenvalue weighted by atomic mass is 19.1. The van der Waals surface area contributed by atoms with E-state index in [4.69, 9.17) is 0 Å². The fraction of sp³-hybridized carbons (Fsp3) is 0.286. The number of anilines is 2. The van der Waals surface area contributed by atoms with Gasteiger partial charge < -0.3 is 10.2 Å². The third-order valence-corrected chi connectivity index (χ3v) is 4.29. The van der Waals surface area contributed by atoms with Gasteiger partial charge in [-0.25, -0.2) is 4.39 Å². The lowest BCUT2D eigenvalue weighted by Crippen LogP contribution is -2.31. The van der Waals surface area contributed by atoms with Gasteiger partial charge in [-0.3, -0.25) is 0 Å². The number of nitrogens with zero attached hydrogens (tertiary/aromatic N) is 4. The molecule has 0 saturated heterocycles. The topological polar surface area (TPSA) is 53.9 Å². The standard InChI is InChI=1S/C21H24FN5/c1-16(2)27(15-17-8-4-3-5-9-17)20-14-24-26-21(25-20)23-13-12-18-10-6-7-11-19(18)22/h3-11,14,16H,12-13,15H2,1-2H3,(H,23,25,26). The van der Waals surface area contributed by atoms with Gasteiger partial charge in [0.05, 0.1) is 6.20 Å². The monoisotopic (exact) mass is 365 g/mol. The van der Waals surface area contributed by atoms with Gasteiger partial charge in [-0.2, -0.15) is 10.1 Å². The highest BCUT2D eigenvalue weighted by Gasteiger charge is 2.14. The minimum atomic E-state index is -0.194. The summed E-state index contributed by atoms with van der Waals surface area (Å²) in [6.07, 6.45) is 2.23. The SMILES string of the molecule is CC(C)N(Cc1ccccc1)c1cnnc(NCCc2ccccc2F)n1. The predicted molar refractivity (Wildman–Crippen MR) is 106 cm³/mol. The van der Waals surface area contributed by atoms with E-state index in [9.17, 15) is 4.39 Å². The molecule has 0 saturated carbocycles. The lowest BCUT2D eigenvalue weighted by atomic mass is 10.1. The van der Waals surface area contributed by atoms with E-state index in [1.54, 1.807) is 18.3 Å². The zero-order chi connectivity index (χ0) is 19.1. The second-order valence-corrected chi connectivity index (χ2v) is 6.61. The molecule has 0 aliphatic rings. The van der Waals surface area contributed by atoms with Crippen molar-refractivity contribution in [2.45, 2.75) is 32.9 Å². The van der Waals surface area contributed by atoms with E-state index in [0.29, 0.717) is 24.5 Å². The van der Waals surface area contributed by atoms with Crippen LogP contribution in [0.2, 0.25) is 0 Å². The van der Waals surface area contributed by atoms with Gasteiger partial charge in [0.15, 0.2) is 5.82 Å². The Bertz CT molecular complexity index is 854. The Morgan fingerprint density at radius 1 is 1.04 bits per heavy atom. The van der Waals surface area contributed by atoms with Crippen molar-refractivity contribution in [3.05, 3.63) is 77.7 Å². The van der Waals surface area contributed by atoms with E-state index in [2.05, 4.69) is 51.4 Å². The molecule has 3 aromatic rings. The molecule has 0 atom stereocenters. The van der Waals surface area contributed by atoms with Crippen LogP contribution in [0.5, 0.6) is 0 Å². The van der Waals surface area contributed by atoms with E-state index in [0.717, 1.165) is 12.4 Å². The summed E-state index contributed by atoms with van der Waals surface area (Å²) >= 11 is 0. The maximum absolute atomic E-state index is 13.7. The second kappa shape index (κ2) is 9.07. The maximum atomic E-state index is 13.7. The number of nitrogens with one attached hydrogen (secondary N) is 1. The Kier molecular flexibility index (Phi) is 6.30. The Morgan fingerprint density at radius 2 is 1.78 bits per heavy atom. The quantitative estimate of drug-likeness (QED) is 0.652. The molecule has 140 valence electrons. The van der Waals surface area contributed by atoms with Crippen LogP contribution >= 0.6 is 0 Å². The number of benzene rings is 2. The third-order valence-electron chi connectivity index (χ3n) is 4.29. The number of halogens is 1. The molecule has 0 unspecified atom stereocenters. The molecule has 0 radical (unpaired) electrons. The van der Waals surface area contributed by atoms with Crippen molar-refractivity contribution in [3.8, 4) is 0 Å². The summed E-state index contributed by atoms with van der Waals surface area (Å²) in [5, 5.41) is 11.3. The second-order valence-electron chi connectivity index (χ2n) is 6.61. The summed E-state index contributed by atoms with van der Waals surface area (Å²) < 4.78 is 13.7. The molecule has 0 aliphatic heterocycles. The van der Waals surface area contributed by atoms with E-state index in [-0.39, 0.29) is 11.9 Å². The third kappa shape index (κ3) is 5.23. The van der Waals surface area contributed by atoms with Gasteiger partial charge in [0, 0.05) is 19.1 Å². The normalized spacial score (nSPS) is 10.8. The molecule has 3 rings (SSSR count). The Balaban J connectivity index is 1.67. The highest BCUT2D eigenvalue weighted by Crippen LogP contribution is 2.18. The number of hydrogen-bond acceptors (Lipinski definition) is 5. The van der Waals surface area contributed by atoms with Gasteiger partial charge >= 0.3 is 0 Å². The molecule has 27 heavy (non-hydrogen) atoms. The molecule has 1 aromatic heterocycles. The molecule has 1 N–H and O–H groups in total. The van der Waals surface area contributed by atoms with Crippen molar-refractivity contribution in [2.75, 3.05) is 16.8 Å². The summed E-state index contributed by atoms with van der Waals surface area (Å²) in [5.41, 5.74) is 1.88. The van der Waals surface area contributed by atoms with Crippen LogP contribution in [0.25, 0.3) is 0 Å². The number of aromatic nitrogens is 3. The highest BCUT2D eigenvalue weighted by molar-refractivity contribution is 5.42. The van der Waals surface area contributed by atoms with Crippen LogP contribution in [-0.4, -0.2) is 27.8 Å². The number of hydrogen-bond donors (Lipinski definition) is 1. The minimum Gasteiger partial charge on any atom is -0.353 e. The van der Waals surface area contributed by atoms with Crippen LogP contribution in [0, 0.1) is 5.82 Å². The fourth-order valence-corrected chi connectivity index (χ4v) is 2.83. The molecule has 1 heterocycles. The van der Waals surface area contributed by atoms with Crippen LogP contribution in [0.15, 0.2) is 60.8 Å². The maximum Gasteiger partial charge on any atom is 0.244 e. The van der Waals surface area contributed by atoms with Gasteiger partial charge in [-0.1, -0.05) is 48.5 Å². The Hall–Kier alpha value is -3.02. The van der Waals surface area contributed by atoms with Crippen molar-refractivity contribution in [2.24, 2.45) is 0 Å². The molecular formula is C21H24FN5. The summed E-state index contributed by atoms with van der Waals surface area (Å²) in [6, 6.07) is 17.3. The van der Waals surface area contributed by atoms with Crippen LogP contribution in [-0.2, 0) is 13.0 Å². The van der Waals surface area contributed by atoms with Gasteiger partial charge in [0.1, 0.15) is 5.82 Å². The van der Waals surface area contributed by atoms with Gasteiger partial charge in [-0.15, -0.1) is 5.10 Å². The number of rotatable bonds is 8. The zero-order valence-corrected chi connectivity index (χ0v) is 15.6. The lowest BCUT2D eigenvalue weighted by molar-refractivity contribution is 0.610. The summed E-state index contributed by atoms with van der Waals surface area (Å²) in [6.45, 7) is 5.52. The molecule has 0 fully saturated rings. The first-order chi connectivity index (χ1) is 13.1. The van der Waals surface area contributed by atoms with E-state index in [1.165, 1.54) is 11.6 Å². The first-order valence-corrected chi connectivity index (χ1v) is 9.11. The predicted octanol–water partition coefficient (Wildman–Crippen LogP) is 4.08. The Labute approximate surface area is 159 Å². The molecule has 2 aromatic carbocycles. The van der Waals surface area contributed by atoms with Crippen molar-refractivity contribution in [3.63, 3.8) is 0 Å². The van der Waals surface area contributed by atoms with Crippen molar-refractivity contribution >= 4 is 11.8 Å². The van der Waals surface area contributed by atoms with Gasteiger partial charge in [-0.05, 0) is 37.5 Å².